The van der Waals surface area contributed by atoms with Crippen molar-refractivity contribution in [1.82, 2.24) is 20.5 Å². The summed E-state index contributed by atoms with van der Waals surface area (Å²) in [5, 5.41) is 16.1. The lowest BCUT2D eigenvalue weighted by atomic mass is 10.0. The van der Waals surface area contributed by atoms with Gasteiger partial charge in [-0.1, -0.05) is 32.0 Å². The lowest BCUT2D eigenvalue weighted by Crippen LogP contribution is -2.57. The molecule has 1 saturated heterocycles. The first-order valence-electron chi connectivity index (χ1n) is 13.1. The van der Waals surface area contributed by atoms with Crippen LogP contribution in [0.25, 0.3) is 10.9 Å². The van der Waals surface area contributed by atoms with Gasteiger partial charge in [-0.2, -0.15) is 11.8 Å². The molecule has 208 valence electrons. The first kappa shape index (κ1) is 29.5. The molecule has 1 aliphatic rings. The Hall–Kier alpha value is -3.05. The number of hydrogen-bond donors (Lipinski definition) is 5. The van der Waals surface area contributed by atoms with Crippen molar-refractivity contribution in [3.63, 3.8) is 0 Å². The lowest BCUT2D eigenvalue weighted by Gasteiger charge is -2.29. The third kappa shape index (κ3) is 7.50. The van der Waals surface area contributed by atoms with E-state index in [1.165, 1.54) is 16.7 Å². The lowest BCUT2D eigenvalue weighted by molar-refractivity contribution is -0.143. The first-order chi connectivity index (χ1) is 18.1. The molecule has 3 rings (SSSR count). The number of fused-ring (bicyclic) bond motifs is 1. The Balaban J connectivity index is 1.69. The third-order valence-corrected chi connectivity index (χ3v) is 7.48. The van der Waals surface area contributed by atoms with E-state index in [1.807, 2.05) is 44.4 Å². The van der Waals surface area contributed by atoms with Gasteiger partial charge in [-0.25, -0.2) is 4.79 Å². The summed E-state index contributed by atoms with van der Waals surface area (Å²) in [7, 11) is 0. The largest absolute Gasteiger partial charge is 0.480 e. The monoisotopic (exact) mass is 545 g/mol. The van der Waals surface area contributed by atoms with Crippen LogP contribution in [0.4, 0.5) is 0 Å². The maximum Gasteiger partial charge on any atom is 0.326 e. The molecule has 1 aliphatic heterocycles. The van der Waals surface area contributed by atoms with Crippen LogP contribution in [-0.2, 0) is 25.6 Å². The standard InChI is InChI=1S/C27H39N5O5S/c1-16(2)13-19(28)26(35)32-11-6-9-23(32)25(34)30-21(10-12-38-3)24(33)31-22(27(36)37)14-17-15-29-20-8-5-4-7-18(17)20/h4-5,7-8,15-16,19,21-23,29H,6,9-14,28H2,1-3H3,(H,30,34)(H,31,33)(H,36,37). The van der Waals surface area contributed by atoms with Gasteiger partial charge in [-0.05, 0) is 55.2 Å². The minimum Gasteiger partial charge on any atom is -0.480 e. The summed E-state index contributed by atoms with van der Waals surface area (Å²) in [5.74, 6) is -1.57. The zero-order chi connectivity index (χ0) is 27.8. The van der Waals surface area contributed by atoms with Gasteiger partial charge in [-0.3, -0.25) is 14.4 Å². The number of carboxylic acid groups (broad SMARTS) is 1. The quantitative estimate of drug-likeness (QED) is 0.257. The molecule has 3 amide bonds. The van der Waals surface area contributed by atoms with Crippen LogP contribution in [0.2, 0.25) is 0 Å². The van der Waals surface area contributed by atoms with Gasteiger partial charge in [0.2, 0.25) is 17.7 Å². The van der Waals surface area contributed by atoms with Crippen molar-refractivity contribution in [1.29, 1.82) is 0 Å². The van der Waals surface area contributed by atoms with E-state index in [-0.39, 0.29) is 18.2 Å². The molecule has 2 aromatic rings. The van der Waals surface area contributed by atoms with E-state index in [4.69, 9.17) is 5.73 Å². The Morgan fingerprint density at radius 3 is 2.61 bits per heavy atom. The summed E-state index contributed by atoms with van der Waals surface area (Å²) in [6, 6.07) is 4.06. The molecule has 4 unspecified atom stereocenters. The maximum atomic E-state index is 13.3. The Bertz CT molecular complexity index is 1140. The van der Waals surface area contributed by atoms with Crippen molar-refractivity contribution in [3.05, 3.63) is 36.0 Å². The van der Waals surface area contributed by atoms with Crippen molar-refractivity contribution in [2.75, 3.05) is 18.6 Å². The van der Waals surface area contributed by atoms with E-state index in [9.17, 15) is 24.3 Å². The molecule has 1 aromatic carbocycles. The van der Waals surface area contributed by atoms with E-state index in [0.717, 1.165) is 16.5 Å². The van der Waals surface area contributed by atoms with Crippen molar-refractivity contribution in [2.24, 2.45) is 11.7 Å². The number of carboxylic acids is 1. The highest BCUT2D eigenvalue weighted by Gasteiger charge is 2.38. The van der Waals surface area contributed by atoms with Crippen LogP contribution in [0.15, 0.2) is 30.5 Å². The number of H-pyrrole nitrogens is 1. The second-order valence-corrected chi connectivity index (χ2v) is 11.2. The minimum absolute atomic E-state index is 0.0902. The predicted octanol–water partition coefficient (Wildman–Crippen LogP) is 1.88. The number of hydrogen-bond acceptors (Lipinski definition) is 6. The Morgan fingerprint density at radius 2 is 1.92 bits per heavy atom. The summed E-state index contributed by atoms with van der Waals surface area (Å²) in [6.07, 6.45) is 5.73. The minimum atomic E-state index is -1.17. The second kappa shape index (κ2) is 13.7. The molecule has 0 spiro atoms. The van der Waals surface area contributed by atoms with E-state index < -0.39 is 42.0 Å². The highest BCUT2D eigenvalue weighted by molar-refractivity contribution is 7.98. The average Bonchev–Trinajstić information content (AvgIpc) is 3.52. The van der Waals surface area contributed by atoms with Gasteiger partial charge in [0.05, 0.1) is 6.04 Å². The third-order valence-electron chi connectivity index (χ3n) is 6.84. The molecule has 4 atom stereocenters. The number of para-hydroxylation sites is 1. The molecule has 1 aromatic heterocycles. The summed E-state index contributed by atoms with van der Waals surface area (Å²) in [6.45, 7) is 4.41. The zero-order valence-corrected chi connectivity index (χ0v) is 23.1. The Labute approximate surface area is 227 Å². The van der Waals surface area contributed by atoms with Crippen LogP contribution in [0.5, 0.6) is 0 Å². The first-order valence-corrected chi connectivity index (χ1v) is 14.4. The van der Waals surface area contributed by atoms with Crippen molar-refractivity contribution in [3.8, 4) is 0 Å². The smallest absolute Gasteiger partial charge is 0.326 e. The molecule has 6 N–H and O–H groups in total. The summed E-state index contributed by atoms with van der Waals surface area (Å²) in [5.41, 5.74) is 7.76. The van der Waals surface area contributed by atoms with Crippen molar-refractivity contribution >= 4 is 46.4 Å². The van der Waals surface area contributed by atoms with E-state index in [1.54, 1.807) is 6.20 Å². The van der Waals surface area contributed by atoms with E-state index in [2.05, 4.69) is 15.6 Å². The summed E-state index contributed by atoms with van der Waals surface area (Å²) < 4.78 is 0. The van der Waals surface area contributed by atoms with Gasteiger partial charge in [0.1, 0.15) is 18.1 Å². The van der Waals surface area contributed by atoms with Gasteiger partial charge in [0, 0.05) is 30.1 Å². The summed E-state index contributed by atoms with van der Waals surface area (Å²) in [4.78, 5) is 56.1. The molecule has 0 bridgehead atoms. The fourth-order valence-corrected chi connectivity index (χ4v) is 5.36. The van der Waals surface area contributed by atoms with Gasteiger partial charge >= 0.3 is 5.97 Å². The van der Waals surface area contributed by atoms with Crippen LogP contribution in [0.1, 0.15) is 45.1 Å². The number of nitrogens with one attached hydrogen (secondary N) is 3. The number of carbonyl (C=O) groups is 4. The average molecular weight is 546 g/mol. The highest BCUT2D eigenvalue weighted by Crippen LogP contribution is 2.21. The number of likely N-dealkylation sites (tertiary alicyclic amines) is 1. The summed E-state index contributed by atoms with van der Waals surface area (Å²) >= 11 is 1.52. The van der Waals surface area contributed by atoms with E-state index >= 15 is 0 Å². The molecule has 0 saturated carbocycles. The van der Waals surface area contributed by atoms with Crippen molar-refractivity contribution < 1.29 is 24.3 Å². The molecule has 0 radical (unpaired) electrons. The number of amides is 3. The normalized spacial score (nSPS) is 17.8. The SMILES string of the molecule is CSCCC(NC(=O)C1CCCN1C(=O)C(N)CC(C)C)C(=O)NC(Cc1c[nH]c2ccccc12)C(=O)O. The fourth-order valence-electron chi connectivity index (χ4n) is 4.89. The molecular weight excluding hydrogens is 506 g/mol. The van der Waals surface area contributed by atoms with Crippen LogP contribution in [0, 0.1) is 5.92 Å². The predicted molar refractivity (Wildman–Crippen MR) is 149 cm³/mol. The molecule has 2 heterocycles. The van der Waals surface area contributed by atoms with Crippen molar-refractivity contribution in [2.45, 2.75) is 70.1 Å². The van der Waals surface area contributed by atoms with Crippen LogP contribution >= 0.6 is 11.8 Å². The van der Waals surface area contributed by atoms with Gasteiger partial charge in [0.15, 0.2) is 0 Å². The number of aromatic amines is 1. The number of rotatable bonds is 13. The van der Waals surface area contributed by atoms with Gasteiger partial charge in [-0.15, -0.1) is 0 Å². The zero-order valence-electron chi connectivity index (χ0n) is 22.2. The molecular formula is C27H39N5O5S. The van der Waals surface area contributed by atoms with E-state index in [0.29, 0.717) is 38.0 Å². The molecule has 1 fully saturated rings. The second-order valence-electron chi connectivity index (χ2n) is 10.2. The number of nitrogens with two attached hydrogens (primary N) is 1. The number of aliphatic carboxylic acids is 1. The van der Waals surface area contributed by atoms with Gasteiger partial charge in [0.25, 0.3) is 0 Å². The van der Waals surface area contributed by atoms with Crippen LogP contribution in [0.3, 0.4) is 0 Å². The van der Waals surface area contributed by atoms with Crippen LogP contribution < -0.4 is 16.4 Å². The molecule has 11 heteroatoms. The number of aromatic nitrogens is 1. The number of benzene rings is 1. The van der Waals surface area contributed by atoms with Gasteiger partial charge < -0.3 is 31.4 Å². The number of thioether (sulfide) groups is 1. The fraction of sp³-hybridized carbons (Fsp3) is 0.556. The highest BCUT2D eigenvalue weighted by atomic mass is 32.2. The Kier molecular flexibility index (Phi) is 10.6. The Morgan fingerprint density at radius 1 is 1.18 bits per heavy atom. The molecule has 38 heavy (non-hydrogen) atoms. The molecule has 10 nitrogen and oxygen atoms in total. The van der Waals surface area contributed by atoms with Crippen LogP contribution in [-0.4, -0.2) is 81.4 Å². The maximum absolute atomic E-state index is 13.3. The number of carbonyl (C=O) groups excluding carboxylic acids is 3. The topological polar surface area (TPSA) is 158 Å². The molecule has 0 aliphatic carbocycles. The number of nitrogens with zero attached hydrogens (tertiary/aromatic N) is 1.